The molecule has 3 heterocycles. The number of rotatable bonds is 11. The molecule has 0 bridgehead atoms. The number of carbonyl (C=O) groups excluding carboxylic acids is 1. The molecule has 0 radical (unpaired) electrons. The van der Waals surface area contributed by atoms with Crippen LogP contribution in [0, 0.1) is 0 Å². The molecule has 0 fully saturated rings. The monoisotopic (exact) mass is 568 g/mol. The van der Waals surface area contributed by atoms with Gasteiger partial charge in [-0.2, -0.15) is 5.10 Å². The first-order valence-corrected chi connectivity index (χ1v) is 14.0. The van der Waals surface area contributed by atoms with E-state index in [9.17, 15) is 4.79 Å². The number of nitrogens with zero attached hydrogens (tertiary/aromatic N) is 3. The lowest BCUT2D eigenvalue weighted by atomic mass is 9.88. The average Bonchev–Trinajstić information content (AvgIpc) is 3.22. The number of aryl methyl sites for hydroxylation is 2. The van der Waals surface area contributed by atoms with E-state index in [1.54, 1.807) is 4.68 Å². The Bertz CT molecular complexity index is 1220. The fourth-order valence-corrected chi connectivity index (χ4v) is 5.22. The summed E-state index contributed by atoms with van der Waals surface area (Å²) in [5.41, 5.74) is 5.52. The quantitative estimate of drug-likeness (QED) is 0.287. The fraction of sp³-hybridized carbons (Fsp3) is 0.483. The zero-order chi connectivity index (χ0) is 26.4. The van der Waals surface area contributed by atoms with Crippen LogP contribution < -0.4 is 10.1 Å². The molecule has 1 aromatic carbocycles. The molecule has 198 valence electrons. The second-order valence-corrected chi connectivity index (χ2v) is 10.8. The number of esters is 1. The van der Waals surface area contributed by atoms with Crippen LogP contribution in [0.2, 0.25) is 0 Å². The maximum Gasteiger partial charge on any atom is 0.306 e. The van der Waals surface area contributed by atoms with Crippen molar-refractivity contribution in [2.75, 3.05) is 25.1 Å². The maximum atomic E-state index is 12.5. The normalized spacial score (nSPS) is 13.7. The van der Waals surface area contributed by atoms with E-state index in [2.05, 4.69) is 65.4 Å². The minimum Gasteiger partial charge on any atom is -0.477 e. The second kappa shape index (κ2) is 12.6. The maximum absolute atomic E-state index is 12.5. The average molecular weight is 570 g/mol. The summed E-state index contributed by atoms with van der Waals surface area (Å²) < 4.78 is 14.1. The highest BCUT2D eigenvalue weighted by molar-refractivity contribution is 9.10. The van der Waals surface area contributed by atoms with Gasteiger partial charge in [0, 0.05) is 36.2 Å². The van der Waals surface area contributed by atoms with Gasteiger partial charge in [0.1, 0.15) is 5.82 Å². The molecular weight excluding hydrogens is 532 g/mol. The van der Waals surface area contributed by atoms with Gasteiger partial charge >= 0.3 is 5.97 Å². The first-order chi connectivity index (χ1) is 17.8. The zero-order valence-corrected chi connectivity index (χ0v) is 23.8. The molecule has 0 amide bonds. The van der Waals surface area contributed by atoms with Gasteiger partial charge in [0.25, 0.3) is 0 Å². The van der Waals surface area contributed by atoms with E-state index in [1.165, 1.54) is 11.1 Å². The lowest BCUT2D eigenvalue weighted by Crippen LogP contribution is -2.14. The van der Waals surface area contributed by atoms with Crippen molar-refractivity contribution in [2.24, 2.45) is 7.05 Å². The molecule has 7 nitrogen and oxygen atoms in total. The third-order valence-electron chi connectivity index (χ3n) is 6.70. The van der Waals surface area contributed by atoms with Gasteiger partial charge in [-0.15, -0.1) is 0 Å². The van der Waals surface area contributed by atoms with Gasteiger partial charge in [0.05, 0.1) is 25.3 Å². The molecule has 0 saturated heterocycles. The van der Waals surface area contributed by atoms with Crippen LogP contribution in [0.5, 0.6) is 5.88 Å². The highest BCUT2D eigenvalue weighted by atomic mass is 79.9. The Balaban J connectivity index is 1.44. The summed E-state index contributed by atoms with van der Waals surface area (Å²) >= 11 is 3.65. The van der Waals surface area contributed by atoms with E-state index in [1.807, 2.05) is 20.0 Å². The largest absolute Gasteiger partial charge is 0.477 e. The van der Waals surface area contributed by atoms with E-state index in [0.29, 0.717) is 37.9 Å². The van der Waals surface area contributed by atoms with Crippen molar-refractivity contribution in [1.82, 2.24) is 14.8 Å². The minimum atomic E-state index is -0.196. The van der Waals surface area contributed by atoms with Crippen molar-refractivity contribution in [3.63, 3.8) is 0 Å². The molecule has 1 aliphatic rings. The van der Waals surface area contributed by atoms with Crippen LogP contribution in [0.15, 0.2) is 40.9 Å². The number of ether oxygens (including phenoxy) is 2. The van der Waals surface area contributed by atoms with Gasteiger partial charge in [-0.1, -0.05) is 41.9 Å². The number of fused-ring (bicyclic) bond motifs is 1. The molecule has 1 aliphatic heterocycles. The van der Waals surface area contributed by atoms with E-state index < -0.39 is 0 Å². The Morgan fingerprint density at radius 3 is 2.76 bits per heavy atom. The summed E-state index contributed by atoms with van der Waals surface area (Å²) in [6.07, 6.45) is 3.87. The Hall–Kier alpha value is -2.87. The molecular formula is C29H37BrN4O3. The molecule has 1 atom stereocenters. The molecule has 37 heavy (non-hydrogen) atoms. The summed E-state index contributed by atoms with van der Waals surface area (Å²) in [5, 5.41) is 8.08. The Labute approximate surface area is 228 Å². The molecule has 0 aliphatic carbocycles. The summed E-state index contributed by atoms with van der Waals surface area (Å²) in [6, 6.07) is 12.7. The predicted molar refractivity (Wildman–Crippen MR) is 149 cm³/mol. The molecule has 0 saturated carbocycles. The van der Waals surface area contributed by atoms with Gasteiger partial charge in [-0.05, 0) is 72.9 Å². The van der Waals surface area contributed by atoms with Gasteiger partial charge in [0.2, 0.25) is 5.88 Å². The standard InChI is InChI=1S/C29H37BrN4O3/c1-5-36-28(35)17-23(22-13-21(19(2)3)14-24(30)15-22)16-26-18-27(34(4)33-26)37-12-10-25-9-8-20-7-6-11-31-29(20)32-25/h8-9,13-15,18-19,23H,5-7,10-12,16-17H2,1-4H3,(H,31,32). The number of hydrogen-bond acceptors (Lipinski definition) is 6. The number of hydrogen-bond donors (Lipinski definition) is 1. The van der Waals surface area contributed by atoms with Crippen LogP contribution >= 0.6 is 15.9 Å². The molecule has 4 rings (SSSR count). The Morgan fingerprint density at radius 1 is 1.16 bits per heavy atom. The number of aromatic nitrogens is 3. The third-order valence-corrected chi connectivity index (χ3v) is 7.16. The predicted octanol–water partition coefficient (Wildman–Crippen LogP) is 5.96. The van der Waals surface area contributed by atoms with Crippen molar-refractivity contribution in [2.45, 2.75) is 64.7 Å². The molecule has 0 spiro atoms. The van der Waals surface area contributed by atoms with Crippen LogP contribution in [-0.4, -0.2) is 40.5 Å². The first-order valence-electron chi connectivity index (χ1n) is 13.2. The minimum absolute atomic E-state index is 0.0519. The lowest BCUT2D eigenvalue weighted by molar-refractivity contribution is -0.143. The lowest BCUT2D eigenvalue weighted by Gasteiger charge is -2.18. The Kier molecular flexibility index (Phi) is 9.24. The molecule has 1 N–H and O–H groups in total. The van der Waals surface area contributed by atoms with Gasteiger partial charge in [0.15, 0.2) is 0 Å². The third kappa shape index (κ3) is 7.34. The number of anilines is 1. The van der Waals surface area contributed by atoms with Crippen molar-refractivity contribution in [3.8, 4) is 5.88 Å². The van der Waals surface area contributed by atoms with E-state index >= 15 is 0 Å². The molecule has 1 unspecified atom stereocenters. The van der Waals surface area contributed by atoms with E-state index in [0.717, 1.165) is 53.0 Å². The smallest absolute Gasteiger partial charge is 0.306 e. The molecule has 3 aromatic rings. The fourth-order valence-electron chi connectivity index (χ4n) is 4.70. The van der Waals surface area contributed by atoms with Crippen LogP contribution in [-0.2, 0) is 35.8 Å². The van der Waals surface area contributed by atoms with Crippen LogP contribution in [0.1, 0.15) is 73.5 Å². The van der Waals surface area contributed by atoms with Crippen molar-refractivity contribution >= 4 is 27.7 Å². The summed E-state index contributed by atoms with van der Waals surface area (Å²) in [5.74, 6) is 1.85. The highest BCUT2D eigenvalue weighted by Crippen LogP contribution is 2.31. The number of halogens is 1. The Morgan fingerprint density at radius 2 is 1.97 bits per heavy atom. The summed E-state index contributed by atoms with van der Waals surface area (Å²) in [7, 11) is 1.89. The highest BCUT2D eigenvalue weighted by Gasteiger charge is 2.21. The SMILES string of the molecule is CCOC(=O)CC(Cc1cc(OCCc2ccc3c(n2)NCCC3)n(C)n1)c1cc(Br)cc(C(C)C)c1. The number of pyridine rings is 1. The number of nitrogens with one attached hydrogen (secondary N) is 1. The van der Waals surface area contributed by atoms with Crippen molar-refractivity contribution in [3.05, 3.63) is 68.9 Å². The van der Waals surface area contributed by atoms with Gasteiger partial charge in [-0.3, -0.25) is 4.79 Å². The summed E-state index contributed by atoms with van der Waals surface area (Å²) in [4.78, 5) is 17.2. The van der Waals surface area contributed by atoms with Crippen LogP contribution in [0.25, 0.3) is 0 Å². The van der Waals surface area contributed by atoms with Crippen LogP contribution in [0.4, 0.5) is 5.82 Å². The van der Waals surface area contributed by atoms with Crippen LogP contribution in [0.3, 0.4) is 0 Å². The molecule has 8 heteroatoms. The summed E-state index contributed by atoms with van der Waals surface area (Å²) in [6.45, 7) is 8.04. The topological polar surface area (TPSA) is 78.3 Å². The number of benzene rings is 1. The first kappa shape index (κ1) is 27.2. The number of carbonyl (C=O) groups is 1. The van der Waals surface area contributed by atoms with Gasteiger partial charge in [-0.25, -0.2) is 9.67 Å². The molecule has 2 aromatic heterocycles. The van der Waals surface area contributed by atoms with Crippen molar-refractivity contribution in [1.29, 1.82) is 0 Å². The van der Waals surface area contributed by atoms with E-state index in [4.69, 9.17) is 19.6 Å². The van der Waals surface area contributed by atoms with E-state index in [-0.39, 0.29) is 11.9 Å². The second-order valence-electron chi connectivity index (χ2n) is 9.92. The van der Waals surface area contributed by atoms with Crippen molar-refractivity contribution < 1.29 is 14.3 Å². The van der Waals surface area contributed by atoms with Gasteiger partial charge < -0.3 is 14.8 Å². The zero-order valence-electron chi connectivity index (χ0n) is 22.2.